The maximum absolute atomic E-state index is 12.1. The Bertz CT molecular complexity index is 653. The fourth-order valence-electron chi connectivity index (χ4n) is 1.85. The molecule has 6 heteroatoms. The number of benzene rings is 1. The highest BCUT2D eigenvalue weighted by Crippen LogP contribution is 2.36. The first-order chi connectivity index (χ1) is 10.7. The summed E-state index contributed by atoms with van der Waals surface area (Å²) in [6, 6.07) is 11.7. The Hall–Kier alpha value is -1.92. The monoisotopic (exact) mass is 335 g/mol. The van der Waals surface area contributed by atoms with Crippen molar-refractivity contribution in [3.63, 3.8) is 0 Å². The van der Waals surface area contributed by atoms with Crippen molar-refractivity contribution in [3.8, 4) is 10.4 Å². The summed E-state index contributed by atoms with van der Waals surface area (Å²) in [5.41, 5.74) is 1.50. The normalized spacial score (nSPS) is 10.1. The minimum absolute atomic E-state index is 0.245. The fraction of sp³-hybridized carbons (Fsp3) is 0.250. The van der Waals surface area contributed by atoms with Crippen molar-refractivity contribution in [1.29, 1.82) is 0 Å². The summed E-state index contributed by atoms with van der Waals surface area (Å²) >= 11 is 6.53. The molecule has 22 heavy (non-hydrogen) atoms. The lowest BCUT2D eigenvalue weighted by molar-refractivity contribution is 0.0528. The number of rotatable bonds is 5. The van der Waals surface area contributed by atoms with Gasteiger partial charge >= 0.3 is 5.97 Å². The molecule has 2 aromatic rings. The largest absolute Gasteiger partial charge is 0.471 e. The van der Waals surface area contributed by atoms with Crippen molar-refractivity contribution < 1.29 is 14.3 Å². The third-order valence-corrected chi connectivity index (χ3v) is 4.10. The van der Waals surface area contributed by atoms with Gasteiger partial charge < -0.3 is 14.8 Å². The predicted octanol–water partition coefficient (Wildman–Crippen LogP) is 4.33. The van der Waals surface area contributed by atoms with Crippen LogP contribution in [0.1, 0.15) is 24.2 Å². The first-order valence-corrected chi connectivity index (χ1v) is 8.18. The van der Waals surface area contributed by atoms with Crippen molar-refractivity contribution in [3.05, 3.63) is 42.0 Å². The molecular weight excluding hydrogens is 318 g/mol. The van der Waals surface area contributed by atoms with Gasteiger partial charge in [-0.05, 0) is 37.7 Å². The van der Waals surface area contributed by atoms with E-state index in [1.807, 2.05) is 43.3 Å². The van der Waals surface area contributed by atoms with Gasteiger partial charge in [-0.3, -0.25) is 0 Å². The summed E-state index contributed by atoms with van der Waals surface area (Å²) < 4.78 is 10.3. The second kappa shape index (κ2) is 7.91. The molecule has 0 bridgehead atoms. The molecule has 0 saturated carbocycles. The molecule has 1 heterocycles. The van der Waals surface area contributed by atoms with Gasteiger partial charge in [0.1, 0.15) is 5.00 Å². The lowest BCUT2D eigenvalue weighted by Gasteiger charge is -2.07. The van der Waals surface area contributed by atoms with Gasteiger partial charge in [0.25, 0.3) is 5.17 Å². The van der Waals surface area contributed by atoms with Crippen molar-refractivity contribution in [2.24, 2.45) is 0 Å². The van der Waals surface area contributed by atoms with Crippen LogP contribution in [0.5, 0.6) is 0 Å². The Morgan fingerprint density at radius 2 is 1.86 bits per heavy atom. The molecule has 0 saturated heterocycles. The van der Waals surface area contributed by atoms with Gasteiger partial charge in [0, 0.05) is 4.88 Å². The highest BCUT2D eigenvalue weighted by atomic mass is 32.1. The number of esters is 1. The van der Waals surface area contributed by atoms with Crippen molar-refractivity contribution in [2.75, 3.05) is 18.5 Å². The van der Waals surface area contributed by atoms with Crippen molar-refractivity contribution >= 4 is 39.7 Å². The van der Waals surface area contributed by atoms with Gasteiger partial charge in [-0.25, -0.2) is 4.79 Å². The van der Waals surface area contributed by atoms with E-state index >= 15 is 0 Å². The zero-order chi connectivity index (χ0) is 15.9. The second-order valence-electron chi connectivity index (χ2n) is 4.29. The van der Waals surface area contributed by atoms with Crippen LogP contribution in [0.2, 0.25) is 0 Å². The topological polar surface area (TPSA) is 47.6 Å². The van der Waals surface area contributed by atoms with Gasteiger partial charge in [-0.1, -0.05) is 30.3 Å². The molecule has 4 nitrogen and oxygen atoms in total. The van der Waals surface area contributed by atoms with Crippen LogP contribution in [0.15, 0.2) is 36.4 Å². The number of thiophene rings is 1. The SMILES string of the molecule is CCOC(=O)c1cc(-c2ccccc2)sc1NC(=S)OCC. The van der Waals surface area contributed by atoms with Gasteiger partial charge in [0.05, 0.1) is 18.8 Å². The molecule has 0 aliphatic heterocycles. The number of hydrogen-bond donors (Lipinski definition) is 1. The first-order valence-electron chi connectivity index (χ1n) is 6.95. The molecule has 0 atom stereocenters. The van der Waals surface area contributed by atoms with E-state index in [0.717, 1.165) is 10.4 Å². The van der Waals surface area contributed by atoms with E-state index in [2.05, 4.69) is 5.32 Å². The fourth-order valence-corrected chi connectivity index (χ4v) is 3.18. The summed E-state index contributed by atoms with van der Waals surface area (Å²) in [6.45, 7) is 4.42. The van der Waals surface area contributed by atoms with Crippen LogP contribution in [-0.4, -0.2) is 24.4 Å². The third kappa shape index (κ3) is 4.05. The molecule has 1 N–H and O–H groups in total. The van der Waals surface area contributed by atoms with E-state index < -0.39 is 0 Å². The molecule has 0 aliphatic rings. The van der Waals surface area contributed by atoms with E-state index in [4.69, 9.17) is 21.7 Å². The Labute approximate surface area is 139 Å². The van der Waals surface area contributed by atoms with Crippen molar-refractivity contribution in [1.82, 2.24) is 0 Å². The minimum atomic E-state index is -0.372. The summed E-state index contributed by atoms with van der Waals surface area (Å²) in [5, 5.41) is 3.85. The lowest BCUT2D eigenvalue weighted by Crippen LogP contribution is -2.14. The molecule has 2 rings (SSSR count). The number of anilines is 1. The lowest BCUT2D eigenvalue weighted by atomic mass is 10.1. The molecule has 0 radical (unpaired) electrons. The Morgan fingerprint density at radius 3 is 2.50 bits per heavy atom. The molecule has 116 valence electrons. The molecule has 0 aliphatic carbocycles. The number of thiocarbonyl (C=S) groups is 1. The highest BCUT2D eigenvalue weighted by Gasteiger charge is 2.19. The van der Waals surface area contributed by atoms with Crippen LogP contribution >= 0.6 is 23.6 Å². The zero-order valence-electron chi connectivity index (χ0n) is 12.4. The summed E-state index contributed by atoms with van der Waals surface area (Å²) in [7, 11) is 0. The zero-order valence-corrected chi connectivity index (χ0v) is 14.1. The minimum Gasteiger partial charge on any atom is -0.471 e. The number of ether oxygens (including phenoxy) is 2. The molecule has 0 fully saturated rings. The molecule has 0 amide bonds. The smallest absolute Gasteiger partial charge is 0.341 e. The van der Waals surface area contributed by atoms with Crippen molar-refractivity contribution in [2.45, 2.75) is 13.8 Å². The van der Waals surface area contributed by atoms with Crippen LogP contribution in [0.4, 0.5) is 5.00 Å². The van der Waals surface area contributed by atoms with E-state index in [0.29, 0.717) is 23.8 Å². The molecule has 0 unspecified atom stereocenters. The average molecular weight is 335 g/mol. The Morgan fingerprint density at radius 1 is 1.18 bits per heavy atom. The van der Waals surface area contributed by atoms with Crippen LogP contribution in [0, 0.1) is 0 Å². The Balaban J connectivity index is 2.34. The van der Waals surface area contributed by atoms with E-state index in [1.54, 1.807) is 6.92 Å². The molecular formula is C16H17NO3S2. The molecule has 1 aromatic carbocycles. The summed E-state index contributed by atoms with van der Waals surface area (Å²) in [4.78, 5) is 13.1. The molecule has 0 spiro atoms. The number of hydrogen-bond acceptors (Lipinski definition) is 5. The van der Waals surface area contributed by atoms with E-state index in [9.17, 15) is 4.79 Å². The first kappa shape index (κ1) is 16.5. The van der Waals surface area contributed by atoms with Gasteiger partial charge in [0.2, 0.25) is 0 Å². The highest BCUT2D eigenvalue weighted by molar-refractivity contribution is 7.80. The summed E-state index contributed by atoms with van der Waals surface area (Å²) in [5.74, 6) is -0.372. The average Bonchev–Trinajstić information content (AvgIpc) is 2.92. The Kier molecular flexibility index (Phi) is 5.91. The van der Waals surface area contributed by atoms with Gasteiger partial charge in [0.15, 0.2) is 0 Å². The second-order valence-corrected chi connectivity index (χ2v) is 5.71. The van der Waals surface area contributed by atoms with Crippen LogP contribution < -0.4 is 5.32 Å². The third-order valence-electron chi connectivity index (χ3n) is 2.78. The van der Waals surface area contributed by atoms with E-state index in [1.165, 1.54) is 11.3 Å². The van der Waals surface area contributed by atoms with Crippen LogP contribution in [0.3, 0.4) is 0 Å². The maximum atomic E-state index is 12.1. The van der Waals surface area contributed by atoms with E-state index in [-0.39, 0.29) is 11.1 Å². The standard InChI is InChI=1S/C16H17NO3S2/c1-3-19-15(18)12-10-13(11-8-6-5-7-9-11)22-14(12)17-16(21)20-4-2/h5-10H,3-4H2,1-2H3,(H,17,21). The van der Waals surface area contributed by atoms with Crippen LogP contribution in [0.25, 0.3) is 10.4 Å². The quantitative estimate of drug-likeness (QED) is 0.651. The predicted molar refractivity (Wildman–Crippen MR) is 93.6 cm³/mol. The summed E-state index contributed by atoms with van der Waals surface area (Å²) in [6.07, 6.45) is 0. The number of carbonyl (C=O) groups excluding carboxylic acids is 1. The number of nitrogens with one attached hydrogen (secondary N) is 1. The van der Waals surface area contributed by atoms with Crippen LogP contribution in [-0.2, 0) is 9.47 Å². The van der Waals surface area contributed by atoms with Gasteiger partial charge in [-0.2, -0.15) is 0 Å². The molecule has 1 aromatic heterocycles. The number of carbonyl (C=O) groups is 1. The maximum Gasteiger partial charge on any atom is 0.341 e. The van der Waals surface area contributed by atoms with Gasteiger partial charge in [-0.15, -0.1) is 11.3 Å².